The van der Waals surface area contributed by atoms with Crippen LogP contribution in [0.3, 0.4) is 0 Å². The van der Waals surface area contributed by atoms with Crippen molar-refractivity contribution in [2.75, 3.05) is 4.90 Å². The Morgan fingerprint density at radius 2 is 1.76 bits per heavy atom. The maximum absolute atomic E-state index is 12.3. The summed E-state index contributed by atoms with van der Waals surface area (Å²) in [5, 5.41) is 0.453. The number of nitrogens with zero attached hydrogens (tertiary/aromatic N) is 1. The molecule has 0 saturated carbocycles. The normalized spacial score (nSPS) is 15.1. The van der Waals surface area contributed by atoms with E-state index >= 15 is 0 Å². The largest absolute Gasteiger partial charge is 0.288 e. The van der Waals surface area contributed by atoms with Crippen LogP contribution in [0.25, 0.3) is 0 Å². The average Bonchev–Trinajstić information content (AvgIpc) is 2.82. The molecule has 0 aliphatic carbocycles. The molecule has 0 N–H and O–H groups in total. The number of carbonyl (C=O) groups is 2. The highest BCUT2D eigenvalue weighted by molar-refractivity contribution is 8.04. The molecule has 0 unspecified atom stereocenters. The summed E-state index contributed by atoms with van der Waals surface area (Å²) in [6, 6.07) is 14.4. The van der Waals surface area contributed by atoms with Crippen LogP contribution < -0.4 is 4.90 Å². The van der Waals surface area contributed by atoms with Gasteiger partial charge in [-0.05, 0) is 24.3 Å². The zero-order valence-corrected chi connectivity index (χ0v) is 12.4. The van der Waals surface area contributed by atoms with Crippen LogP contribution in [-0.2, 0) is 4.79 Å². The molecule has 0 aromatic heterocycles. The molecule has 0 fully saturated rings. The Hall–Kier alpha value is -2.04. The Morgan fingerprint density at radius 1 is 1.05 bits per heavy atom. The number of rotatable bonds is 3. The topological polar surface area (TPSA) is 37.4 Å². The lowest BCUT2D eigenvalue weighted by atomic mass is 10.1. The van der Waals surface area contributed by atoms with E-state index < -0.39 is 0 Å². The van der Waals surface area contributed by atoms with Gasteiger partial charge in [0.25, 0.3) is 0 Å². The number of amides is 1. The summed E-state index contributed by atoms with van der Waals surface area (Å²) in [5.41, 5.74) is 1.21. The van der Waals surface area contributed by atoms with Gasteiger partial charge in [-0.15, -0.1) is 0 Å². The van der Waals surface area contributed by atoms with Crippen molar-refractivity contribution in [1.82, 2.24) is 0 Å². The van der Waals surface area contributed by atoms with Crippen molar-refractivity contribution < 1.29 is 9.59 Å². The first-order valence-corrected chi connectivity index (χ1v) is 7.41. The van der Waals surface area contributed by atoms with E-state index in [-0.39, 0.29) is 5.78 Å². The Morgan fingerprint density at radius 3 is 2.48 bits per heavy atom. The molecule has 104 valence electrons. The van der Waals surface area contributed by atoms with Crippen LogP contribution in [0.1, 0.15) is 10.4 Å². The van der Waals surface area contributed by atoms with Crippen molar-refractivity contribution in [3.63, 3.8) is 0 Å². The van der Waals surface area contributed by atoms with Gasteiger partial charge in [0.1, 0.15) is 0 Å². The molecule has 5 heteroatoms. The van der Waals surface area contributed by atoms with Gasteiger partial charge in [0.05, 0.1) is 15.6 Å². The van der Waals surface area contributed by atoms with Gasteiger partial charge in [-0.1, -0.05) is 47.6 Å². The molecule has 21 heavy (non-hydrogen) atoms. The number of ketones is 1. The Bertz CT molecular complexity index is 757. The molecule has 3 rings (SSSR count). The van der Waals surface area contributed by atoms with Gasteiger partial charge in [0.15, 0.2) is 0 Å². The van der Waals surface area contributed by atoms with Crippen LogP contribution in [0, 0.1) is 0 Å². The summed E-state index contributed by atoms with van der Waals surface area (Å²) in [6.45, 7) is 0. The first kappa shape index (κ1) is 13.9. The lowest BCUT2D eigenvalue weighted by Crippen LogP contribution is -2.15. The van der Waals surface area contributed by atoms with Crippen LogP contribution in [0.2, 0.25) is 5.02 Å². The standard InChI is InChI=1S/C16H10ClNO2S/c17-12-6-2-3-7-13(12)18(10-19)9-15-16(20)11-5-1-4-8-14(11)21-15/h1-10H/b15-9-. The molecule has 3 nitrogen and oxygen atoms in total. The molecule has 0 bridgehead atoms. The summed E-state index contributed by atoms with van der Waals surface area (Å²) in [5.74, 6) is -0.0745. The third-order valence-corrected chi connectivity index (χ3v) is 4.48. The number of thioether (sulfide) groups is 1. The second-order valence-corrected chi connectivity index (χ2v) is 5.88. The Kier molecular flexibility index (Phi) is 3.82. The molecular weight excluding hydrogens is 306 g/mol. The molecule has 1 aliphatic heterocycles. The number of fused-ring (bicyclic) bond motifs is 1. The summed E-state index contributed by atoms with van der Waals surface area (Å²) in [6.07, 6.45) is 2.17. The van der Waals surface area contributed by atoms with E-state index in [9.17, 15) is 9.59 Å². The second-order valence-electron chi connectivity index (χ2n) is 4.38. The third-order valence-electron chi connectivity index (χ3n) is 3.08. The number of Topliss-reactive ketones (excluding diaryl/α,β-unsaturated/α-hetero) is 1. The summed E-state index contributed by atoms with van der Waals surface area (Å²) >= 11 is 7.44. The number of benzene rings is 2. The predicted octanol–water partition coefficient (Wildman–Crippen LogP) is 4.13. The van der Waals surface area contributed by atoms with E-state index in [1.165, 1.54) is 22.9 Å². The quantitative estimate of drug-likeness (QED) is 0.631. The first-order chi connectivity index (χ1) is 10.2. The minimum Gasteiger partial charge on any atom is -0.288 e. The van der Waals surface area contributed by atoms with Crippen molar-refractivity contribution in [2.24, 2.45) is 0 Å². The molecule has 1 heterocycles. The molecule has 0 radical (unpaired) electrons. The van der Waals surface area contributed by atoms with Gasteiger partial charge in [0.2, 0.25) is 12.2 Å². The van der Waals surface area contributed by atoms with Gasteiger partial charge in [-0.3, -0.25) is 14.5 Å². The zero-order chi connectivity index (χ0) is 14.8. The predicted molar refractivity (Wildman–Crippen MR) is 84.7 cm³/mol. The van der Waals surface area contributed by atoms with Crippen molar-refractivity contribution in [3.05, 3.63) is 70.2 Å². The van der Waals surface area contributed by atoms with E-state index in [2.05, 4.69) is 0 Å². The van der Waals surface area contributed by atoms with Crippen molar-refractivity contribution >= 4 is 41.2 Å². The van der Waals surface area contributed by atoms with E-state index in [4.69, 9.17) is 11.6 Å². The molecule has 0 saturated heterocycles. The van der Waals surface area contributed by atoms with Crippen LogP contribution in [0.5, 0.6) is 0 Å². The van der Waals surface area contributed by atoms with Gasteiger partial charge in [-0.25, -0.2) is 0 Å². The summed E-state index contributed by atoms with van der Waals surface area (Å²) in [7, 11) is 0. The van der Waals surface area contributed by atoms with Crippen molar-refractivity contribution in [3.8, 4) is 0 Å². The molecule has 2 aromatic rings. The molecule has 1 aliphatic rings. The minimum atomic E-state index is -0.0745. The van der Waals surface area contributed by atoms with Gasteiger partial charge >= 0.3 is 0 Å². The molecule has 1 amide bonds. The highest BCUT2D eigenvalue weighted by Crippen LogP contribution is 2.40. The fourth-order valence-corrected chi connectivity index (χ4v) is 3.33. The second kappa shape index (κ2) is 5.76. The fourth-order valence-electron chi connectivity index (χ4n) is 2.07. The Labute approximate surface area is 131 Å². The smallest absolute Gasteiger partial charge is 0.218 e. The number of para-hydroxylation sites is 1. The lowest BCUT2D eigenvalue weighted by Gasteiger charge is -2.14. The van der Waals surface area contributed by atoms with E-state index in [1.807, 2.05) is 18.2 Å². The fraction of sp³-hybridized carbons (Fsp3) is 0. The van der Waals surface area contributed by atoms with Gasteiger partial charge in [0, 0.05) is 16.7 Å². The first-order valence-electron chi connectivity index (χ1n) is 6.22. The highest BCUT2D eigenvalue weighted by atomic mass is 35.5. The van der Waals surface area contributed by atoms with Crippen molar-refractivity contribution in [2.45, 2.75) is 4.90 Å². The van der Waals surface area contributed by atoms with E-state index in [0.717, 1.165) is 4.90 Å². The van der Waals surface area contributed by atoms with Crippen molar-refractivity contribution in [1.29, 1.82) is 0 Å². The molecule has 2 aromatic carbocycles. The van der Waals surface area contributed by atoms with Crippen LogP contribution in [0.4, 0.5) is 5.69 Å². The maximum Gasteiger partial charge on any atom is 0.218 e. The summed E-state index contributed by atoms with van der Waals surface area (Å²) in [4.78, 5) is 26.4. The number of anilines is 1. The van der Waals surface area contributed by atoms with Gasteiger partial charge < -0.3 is 0 Å². The Balaban J connectivity index is 1.97. The monoisotopic (exact) mass is 315 g/mol. The van der Waals surface area contributed by atoms with Crippen LogP contribution in [0.15, 0.2) is 64.5 Å². The van der Waals surface area contributed by atoms with Gasteiger partial charge in [-0.2, -0.15) is 0 Å². The number of carbonyl (C=O) groups excluding carboxylic acids is 2. The van der Waals surface area contributed by atoms with E-state index in [1.54, 1.807) is 30.3 Å². The zero-order valence-electron chi connectivity index (χ0n) is 10.8. The molecule has 0 spiro atoms. The molecule has 0 atom stereocenters. The average molecular weight is 316 g/mol. The maximum atomic E-state index is 12.3. The van der Waals surface area contributed by atoms with E-state index in [0.29, 0.717) is 27.6 Å². The van der Waals surface area contributed by atoms with Crippen LogP contribution in [-0.4, -0.2) is 12.2 Å². The number of hydrogen-bond acceptors (Lipinski definition) is 3. The highest BCUT2D eigenvalue weighted by Gasteiger charge is 2.26. The summed E-state index contributed by atoms with van der Waals surface area (Å²) < 4.78 is 0. The number of halogens is 1. The third kappa shape index (κ3) is 2.60. The lowest BCUT2D eigenvalue weighted by molar-refractivity contribution is -0.106. The number of allylic oxidation sites excluding steroid dienone is 1. The molecular formula is C16H10ClNO2S. The number of hydrogen-bond donors (Lipinski definition) is 0. The minimum absolute atomic E-state index is 0.0745. The SMILES string of the molecule is O=CN(/C=C1\Sc2ccccc2C1=O)c1ccccc1Cl. The van der Waals surface area contributed by atoms with Crippen LogP contribution >= 0.6 is 23.4 Å².